The van der Waals surface area contributed by atoms with Crippen molar-refractivity contribution in [2.45, 2.75) is 24.7 Å². The van der Waals surface area contributed by atoms with E-state index in [2.05, 4.69) is 126 Å². The van der Waals surface area contributed by atoms with E-state index in [0.29, 0.717) is 0 Å². The van der Waals surface area contributed by atoms with Crippen molar-refractivity contribution in [3.63, 3.8) is 0 Å². The quantitative estimate of drug-likeness (QED) is 0.344. The van der Waals surface area contributed by atoms with Gasteiger partial charge in [0.25, 0.3) is 0 Å². The average Bonchev–Trinajstić information content (AvgIpc) is 3.23. The van der Waals surface area contributed by atoms with Gasteiger partial charge in [-0.15, -0.1) is 0 Å². The zero-order valence-corrected chi connectivity index (χ0v) is 19.2. The topological polar surface area (TPSA) is 28.7 Å². The van der Waals surface area contributed by atoms with Crippen LogP contribution in [0.5, 0.6) is 0 Å². The number of aromatic nitrogens is 2. The summed E-state index contributed by atoms with van der Waals surface area (Å²) in [4.78, 5) is 8.32. The molecule has 4 aromatic rings. The SMILES string of the molecule is CC12C=CC=CC1c1c(ccc3[nH]c4c(c13)C=CCC=C4)C2(c1ccccc1)c1cccnc1. The van der Waals surface area contributed by atoms with Gasteiger partial charge < -0.3 is 4.98 Å². The van der Waals surface area contributed by atoms with Crippen molar-refractivity contribution in [2.75, 3.05) is 0 Å². The number of H-pyrrole nitrogens is 1. The van der Waals surface area contributed by atoms with Gasteiger partial charge in [0, 0.05) is 45.9 Å². The fourth-order valence-electron chi connectivity index (χ4n) is 6.92. The van der Waals surface area contributed by atoms with Gasteiger partial charge in [0.1, 0.15) is 0 Å². The number of nitrogens with zero attached hydrogens (tertiary/aromatic N) is 1. The summed E-state index contributed by atoms with van der Waals surface area (Å²) in [5, 5.41) is 1.35. The van der Waals surface area contributed by atoms with Crippen molar-refractivity contribution < 1.29 is 0 Å². The predicted octanol–water partition coefficient (Wildman–Crippen LogP) is 7.56. The lowest BCUT2D eigenvalue weighted by Gasteiger charge is -2.46. The van der Waals surface area contributed by atoms with Crippen molar-refractivity contribution in [3.05, 3.63) is 137 Å². The maximum absolute atomic E-state index is 4.61. The molecule has 3 unspecified atom stereocenters. The Kier molecular flexibility index (Phi) is 4.05. The molecule has 2 heteroatoms. The molecule has 0 aliphatic heterocycles. The summed E-state index contributed by atoms with van der Waals surface area (Å²) < 4.78 is 0. The second-order valence-corrected chi connectivity index (χ2v) is 9.80. The number of aromatic amines is 1. The van der Waals surface area contributed by atoms with E-state index in [4.69, 9.17) is 0 Å². The van der Waals surface area contributed by atoms with E-state index >= 15 is 0 Å². The molecule has 0 spiro atoms. The zero-order chi connectivity index (χ0) is 22.8. The Bertz CT molecular complexity index is 1490. The Balaban J connectivity index is 1.68. The lowest BCUT2D eigenvalue weighted by Crippen LogP contribution is -2.43. The predicted molar refractivity (Wildman–Crippen MR) is 141 cm³/mol. The van der Waals surface area contributed by atoms with E-state index in [1.165, 1.54) is 44.4 Å². The van der Waals surface area contributed by atoms with Crippen molar-refractivity contribution in [2.24, 2.45) is 5.41 Å². The summed E-state index contributed by atoms with van der Waals surface area (Å²) in [6, 6.07) is 20.0. The third kappa shape index (κ3) is 2.33. The molecule has 0 bridgehead atoms. The van der Waals surface area contributed by atoms with Crippen LogP contribution in [0.25, 0.3) is 23.1 Å². The molecule has 2 nitrogen and oxygen atoms in total. The van der Waals surface area contributed by atoms with E-state index in [1.807, 2.05) is 6.20 Å². The third-order valence-corrected chi connectivity index (χ3v) is 8.24. The zero-order valence-electron chi connectivity index (χ0n) is 19.2. The van der Waals surface area contributed by atoms with E-state index in [0.717, 1.165) is 6.42 Å². The van der Waals surface area contributed by atoms with Crippen LogP contribution < -0.4 is 0 Å². The summed E-state index contributed by atoms with van der Waals surface area (Å²) in [5.74, 6) is 0.247. The van der Waals surface area contributed by atoms with Gasteiger partial charge in [0.15, 0.2) is 0 Å². The minimum atomic E-state index is -0.355. The Morgan fingerprint density at radius 1 is 0.912 bits per heavy atom. The Morgan fingerprint density at radius 2 is 1.76 bits per heavy atom. The summed E-state index contributed by atoms with van der Waals surface area (Å²) >= 11 is 0. The number of pyridine rings is 1. The molecule has 7 rings (SSSR count). The van der Waals surface area contributed by atoms with Crippen LogP contribution in [0.4, 0.5) is 0 Å². The van der Waals surface area contributed by atoms with Gasteiger partial charge in [-0.1, -0.05) is 91.9 Å². The van der Waals surface area contributed by atoms with Crippen LogP contribution >= 0.6 is 0 Å². The maximum atomic E-state index is 4.61. The van der Waals surface area contributed by atoms with Gasteiger partial charge in [-0.3, -0.25) is 4.98 Å². The molecule has 164 valence electrons. The number of allylic oxidation sites excluding steroid dienone is 6. The van der Waals surface area contributed by atoms with Crippen molar-refractivity contribution >= 4 is 23.1 Å². The first-order valence-electron chi connectivity index (χ1n) is 12.1. The first kappa shape index (κ1) is 19.5. The fraction of sp³-hybridized carbons (Fsp3) is 0.156. The highest BCUT2D eigenvalue weighted by Gasteiger charge is 2.61. The van der Waals surface area contributed by atoms with Crippen LogP contribution in [0, 0.1) is 5.41 Å². The van der Waals surface area contributed by atoms with Crippen molar-refractivity contribution in [3.8, 4) is 0 Å². The molecular weight excluding hydrogens is 412 g/mol. The van der Waals surface area contributed by atoms with Gasteiger partial charge in [0.2, 0.25) is 0 Å². The molecular formula is C32H26N2. The van der Waals surface area contributed by atoms with Crippen LogP contribution in [0.3, 0.4) is 0 Å². The molecule has 3 atom stereocenters. The van der Waals surface area contributed by atoms with Crippen LogP contribution in [0.15, 0.2) is 103 Å². The van der Waals surface area contributed by atoms with E-state index in [1.54, 1.807) is 0 Å². The summed E-state index contributed by atoms with van der Waals surface area (Å²) in [5.41, 5.74) is 8.55. The molecule has 0 radical (unpaired) electrons. The summed E-state index contributed by atoms with van der Waals surface area (Å²) in [7, 11) is 0. The molecule has 3 aliphatic carbocycles. The van der Waals surface area contributed by atoms with Gasteiger partial charge in [-0.05, 0) is 46.9 Å². The molecule has 2 aromatic carbocycles. The summed E-state index contributed by atoms with van der Waals surface area (Å²) in [6.45, 7) is 2.44. The number of benzene rings is 2. The highest BCUT2D eigenvalue weighted by Crippen LogP contribution is 2.67. The lowest BCUT2D eigenvalue weighted by atomic mass is 9.55. The molecule has 1 N–H and O–H groups in total. The first-order chi connectivity index (χ1) is 16.7. The molecule has 3 aliphatic rings. The molecule has 0 fully saturated rings. The van der Waals surface area contributed by atoms with Gasteiger partial charge in [-0.25, -0.2) is 0 Å². The van der Waals surface area contributed by atoms with Crippen LogP contribution in [-0.2, 0) is 5.41 Å². The number of fused-ring (bicyclic) bond motifs is 7. The van der Waals surface area contributed by atoms with E-state index in [-0.39, 0.29) is 16.7 Å². The van der Waals surface area contributed by atoms with Crippen LogP contribution in [0.2, 0.25) is 0 Å². The number of hydrogen-bond donors (Lipinski definition) is 1. The Hall–Kier alpha value is -3.91. The van der Waals surface area contributed by atoms with Crippen LogP contribution in [-0.4, -0.2) is 9.97 Å². The molecule has 0 saturated carbocycles. The lowest BCUT2D eigenvalue weighted by molar-refractivity contribution is 0.288. The fourth-order valence-corrected chi connectivity index (χ4v) is 6.92. The second-order valence-electron chi connectivity index (χ2n) is 9.80. The largest absolute Gasteiger partial charge is 0.355 e. The maximum Gasteiger partial charge on any atom is 0.0566 e. The monoisotopic (exact) mass is 438 g/mol. The number of hydrogen-bond acceptors (Lipinski definition) is 1. The minimum absolute atomic E-state index is 0.183. The van der Waals surface area contributed by atoms with Gasteiger partial charge in [-0.2, -0.15) is 0 Å². The summed E-state index contributed by atoms with van der Waals surface area (Å²) in [6.07, 6.45) is 23.3. The minimum Gasteiger partial charge on any atom is -0.355 e. The average molecular weight is 439 g/mol. The van der Waals surface area contributed by atoms with Crippen LogP contribution in [0.1, 0.15) is 52.8 Å². The Morgan fingerprint density at radius 3 is 2.62 bits per heavy atom. The van der Waals surface area contributed by atoms with Gasteiger partial charge >= 0.3 is 0 Å². The van der Waals surface area contributed by atoms with E-state index < -0.39 is 0 Å². The van der Waals surface area contributed by atoms with Gasteiger partial charge in [0.05, 0.1) is 5.41 Å². The second kappa shape index (κ2) is 7.04. The number of nitrogens with one attached hydrogen (secondary N) is 1. The molecule has 0 saturated heterocycles. The smallest absolute Gasteiger partial charge is 0.0566 e. The molecule has 34 heavy (non-hydrogen) atoms. The molecule has 2 heterocycles. The van der Waals surface area contributed by atoms with Crippen molar-refractivity contribution in [1.29, 1.82) is 0 Å². The molecule has 2 aromatic heterocycles. The van der Waals surface area contributed by atoms with E-state index in [9.17, 15) is 0 Å². The standard InChI is InChI=1S/C32H26N2/c1-31-19-9-8-15-25(31)30-26(17-18-28-29(30)24-14-6-3-7-16-27(24)34-28)32(31,22-11-4-2-5-12-22)23-13-10-20-33-21-23/h2,4-21,25,34H,3H2,1H3. The number of rotatable bonds is 2. The normalized spacial score (nSPS) is 26.3. The highest BCUT2D eigenvalue weighted by atomic mass is 14.7. The first-order valence-corrected chi connectivity index (χ1v) is 12.1. The molecule has 0 amide bonds. The van der Waals surface area contributed by atoms with Crippen molar-refractivity contribution in [1.82, 2.24) is 9.97 Å². The highest BCUT2D eigenvalue weighted by molar-refractivity contribution is 5.99. The Labute approximate surface area is 200 Å². The third-order valence-electron chi connectivity index (χ3n) is 8.24.